The highest BCUT2D eigenvalue weighted by Crippen LogP contribution is 2.23. The number of para-hydroxylation sites is 1. The molecule has 0 bridgehead atoms. The van der Waals surface area contributed by atoms with Crippen molar-refractivity contribution < 1.29 is 0 Å². The number of anilines is 1. The van der Waals surface area contributed by atoms with E-state index in [0.717, 1.165) is 36.8 Å². The molecule has 1 unspecified atom stereocenters. The number of aryl methyl sites for hydroxylation is 1. The standard InChI is InChI=1S/C15H19N3/c1-11-8-15(17-10-12-6-7-16-9-12)13-4-2-3-5-14(13)18-11/h2-5,8,12,16H,6-7,9-10H2,1H3,(H,17,18). The lowest BCUT2D eigenvalue weighted by Gasteiger charge is -2.14. The van der Waals surface area contributed by atoms with Gasteiger partial charge in [-0.1, -0.05) is 18.2 Å². The van der Waals surface area contributed by atoms with Crippen molar-refractivity contribution in [1.82, 2.24) is 10.3 Å². The molecule has 2 N–H and O–H groups in total. The molecule has 1 atom stereocenters. The Bertz CT molecular complexity index is 544. The predicted molar refractivity (Wildman–Crippen MR) is 75.9 cm³/mol. The average molecular weight is 241 g/mol. The van der Waals surface area contributed by atoms with Crippen LogP contribution >= 0.6 is 0 Å². The van der Waals surface area contributed by atoms with Crippen molar-refractivity contribution >= 4 is 16.6 Å². The second kappa shape index (κ2) is 4.94. The van der Waals surface area contributed by atoms with Gasteiger partial charge in [0, 0.05) is 23.3 Å². The largest absolute Gasteiger partial charge is 0.384 e. The number of nitrogens with one attached hydrogen (secondary N) is 2. The van der Waals surface area contributed by atoms with Crippen LogP contribution in [0.5, 0.6) is 0 Å². The molecular formula is C15H19N3. The molecule has 0 aliphatic carbocycles. The van der Waals surface area contributed by atoms with Gasteiger partial charge in [0.05, 0.1) is 5.52 Å². The van der Waals surface area contributed by atoms with Gasteiger partial charge in [0.25, 0.3) is 0 Å². The molecule has 1 aromatic carbocycles. The smallest absolute Gasteiger partial charge is 0.0725 e. The molecule has 0 spiro atoms. The van der Waals surface area contributed by atoms with Crippen LogP contribution in [-0.2, 0) is 0 Å². The van der Waals surface area contributed by atoms with Crippen molar-refractivity contribution in [1.29, 1.82) is 0 Å². The zero-order chi connectivity index (χ0) is 12.4. The minimum atomic E-state index is 0.747. The number of aromatic nitrogens is 1. The second-order valence-electron chi connectivity index (χ2n) is 5.07. The van der Waals surface area contributed by atoms with E-state index in [4.69, 9.17) is 0 Å². The minimum absolute atomic E-state index is 0.747. The SMILES string of the molecule is Cc1cc(NCC2CCNC2)c2ccccc2n1. The molecule has 1 fully saturated rings. The number of benzene rings is 1. The first-order valence-electron chi connectivity index (χ1n) is 6.64. The first kappa shape index (κ1) is 11.5. The third-order valence-electron chi connectivity index (χ3n) is 3.59. The van der Waals surface area contributed by atoms with Gasteiger partial charge < -0.3 is 10.6 Å². The van der Waals surface area contributed by atoms with Gasteiger partial charge in [0.2, 0.25) is 0 Å². The van der Waals surface area contributed by atoms with Crippen molar-refractivity contribution in [3.63, 3.8) is 0 Å². The number of hydrogen-bond donors (Lipinski definition) is 2. The maximum atomic E-state index is 4.56. The average Bonchev–Trinajstić information content (AvgIpc) is 2.89. The Morgan fingerprint density at radius 1 is 1.39 bits per heavy atom. The minimum Gasteiger partial charge on any atom is -0.384 e. The summed E-state index contributed by atoms with van der Waals surface area (Å²) < 4.78 is 0. The van der Waals surface area contributed by atoms with Crippen LogP contribution in [0.3, 0.4) is 0 Å². The highest BCUT2D eigenvalue weighted by Gasteiger charge is 2.14. The molecule has 3 nitrogen and oxygen atoms in total. The van der Waals surface area contributed by atoms with Gasteiger partial charge in [-0.15, -0.1) is 0 Å². The Balaban J connectivity index is 1.85. The normalized spacial score (nSPS) is 19.3. The fourth-order valence-corrected chi connectivity index (χ4v) is 2.60. The number of fused-ring (bicyclic) bond motifs is 1. The summed E-state index contributed by atoms with van der Waals surface area (Å²) >= 11 is 0. The fourth-order valence-electron chi connectivity index (χ4n) is 2.60. The molecule has 1 aliphatic rings. The molecule has 1 saturated heterocycles. The Labute approximate surface area is 108 Å². The van der Waals surface area contributed by atoms with Gasteiger partial charge in [0.1, 0.15) is 0 Å². The topological polar surface area (TPSA) is 37.0 Å². The maximum Gasteiger partial charge on any atom is 0.0725 e. The highest BCUT2D eigenvalue weighted by atomic mass is 14.9. The monoisotopic (exact) mass is 241 g/mol. The molecule has 1 aliphatic heterocycles. The summed E-state index contributed by atoms with van der Waals surface area (Å²) in [6.07, 6.45) is 1.27. The van der Waals surface area contributed by atoms with Crippen molar-refractivity contribution in [2.45, 2.75) is 13.3 Å². The van der Waals surface area contributed by atoms with Crippen molar-refractivity contribution in [3.8, 4) is 0 Å². The summed E-state index contributed by atoms with van der Waals surface area (Å²) in [5, 5.41) is 8.21. The lowest BCUT2D eigenvalue weighted by molar-refractivity contribution is 0.616. The van der Waals surface area contributed by atoms with Gasteiger partial charge in [-0.3, -0.25) is 4.98 Å². The molecule has 0 saturated carbocycles. The first-order valence-corrected chi connectivity index (χ1v) is 6.64. The molecule has 2 heterocycles. The van der Waals surface area contributed by atoms with Crippen LogP contribution in [0.1, 0.15) is 12.1 Å². The van der Waals surface area contributed by atoms with Crippen molar-refractivity contribution in [3.05, 3.63) is 36.0 Å². The zero-order valence-corrected chi connectivity index (χ0v) is 10.7. The summed E-state index contributed by atoms with van der Waals surface area (Å²) in [4.78, 5) is 4.56. The van der Waals surface area contributed by atoms with Crippen LogP contribution in [-0.4, -0.2) is 24.6 Å². The summed E-state index contributed by atoms with van der Waals surface area (Å²) in [7, 11) is 0. The van der Waals surface area contributed by atoms with E-state index in [-0.39, 0.29) is 0 Å². The molecule has 3 rings (SSSR count). The first-order chi connectivity index (χ1) is 8.83. The number of pyridine rings is 1. The Hall–Kier alpha value is -1.61. The van der Waals surface area contributed by atoms with E-state index in [1.165, 1.54) is 17.5 Å². The van der Waals surface area contributed by atoms with Gasteiger partial charge in [-0.2, -0.15) is 0 Å². The molecular weight excluding hydrogens is 222 g/mol. The van der Waals surface area contributed by atoms with Gasteiger partial charge in [-0.25, -0.2) is 0 Å². The Morgan fingerprint density at radius 3 is 3.11 bits per heavy atom. The van der Waals surface area contributed by atoms with Gasteiger partial charge >= 0.3 is 0 Å². The number of nitrogens with zero attached hydrogens (tertiary/aromatic N) is 1. The van der Waals surface area contributed by atoms with Crippen LogP contribution in [0.25, 0.3) is 10.9 Å². The quantitative estimate of drug-likeness (QED) is 0.867. The highest BCUT2D eigenvalue weighted by molar-refractivity contribution is 5.91. The predicted octanol–water partition coefficient (Wildman–Crippen LogP) is 2.56. The molecule has 0 amide bonds. The second-order valence-corrected chi connectivity index (χ2v) is 5.07. The van der Waals surface area contributed by atoms with Crippen LogP contribution in [0, 0.1) is 12.8 Å². The van der Waals surface area contributed by atoms with E-state index >= 15 is 0 Å². The van der Waals surface area contributed by atoms with Crippen LogP contribution in [0.15, 0.2) is 30.3 Å². The van der Waals surface area contributed by atoms with E-state index in [1.54, 1.807) is 0 Å². The van der Waals surface area contributed by atoms with Crippen molar-refractivity contribution in [2.75, 3.05) is 25.0 Å². The lowest BCUT2D eigenvalue weighted by Crippen LogP contribution is -2.17. The van der Waals surface area contributed by atoms with E-state index in [1.807, 2.05) is 6.07 Å². The van der Waals surface area contributed by atoms with Crippen LogP contribution in [0.2, 0.25) is 0 Å². The lowest BCUT2D eigenvalue weighted by atomic mass is 10.1. The van der Waals surface area contributed by atoms with E-state index in [2.05, 4.69) is 46.8 Å². The fraction of sp³-hybridized carbons (Fsp3) is 0.400. The molecule has 94 valence electrons. The summed E-state index contributed by atoms with van der Waals surface area (Å²) in [6.45, 7) is 5.38. The number of rotatable bonds is 3. The Morgan fingerprint density at radius 2 is 2.28 bits per heavy atom. The summed E-state index contributed by atoms with van der Waals surface area (Å²) in [5.74, 6) is 0.747. The zero-order valence-electron chi connectivity index (χ0n) is 10.7. The maximum absolute atomic E-state index is 4.56. The van der Waals surface area contributed by atoms with E-state index in [9.17, 15) is 0 Å². The van der Waals surface area contributed by atoms with Crippen molar-refractivity contribution in [2.24, 2.45) is 5.92 Å². The van der Waals surface area contributed by atoms with Crippen LogP contribution < -0.4 is 10.6 Å². The third kappa shape index (κ3) is 2.31. The van der Waals surface area contributed by atoms with E-state index < -0.39 is 0 Å². The molecule has 3 heteroatoms. The Kier molecular flexibility index (Phi) is 3.15. The molecule has 18 heavy (non-hydrogen) atoms. The van der Waals surface area contributed by atoms with Crippen LogP contribution in [0.4, 0.5) is 5.69 Å². The van der Waals surface area contributed by atoms with Gasteiger partial charge in [-0.05, 0) is 44.5 Å². The summed E-state index contributed by atoms with van der Waals surface area (Å²) in [5.41, 5.74) is 3.36. The molecule has 0 radical (unpaired) electrons. The van der Waals surface area contributed by atoms with Gasteiger partial charge in [0.15, 0.2) is 0 Å². The third-order valence-corrected chi connectivity index (χ3v) is 3.59. The molecule has 1 aromatic heterocycles. The summed E-state index contributed by atoms with van der Waals surface area (Å²) in [6, 6.07) is 10.5. The van der Waals surface area contributed by atoms with E-state index in [0.29, 0.717) is 0 Å². The number of hydrogen-bond acceptors (Lipinski definition) is 3. The molecule has 2 aromatic rings.